The van der Waals surface area contributed by atoms with Crippen LogP contribution in [0.4, 0.5) is 10.5 Å². The number of benzene rings is 2. The second-order valence-electron chi connectivity index (χ2n) is 11.7. The fraction of sp³-hybridized carbons (Fsp3) is 0.559. The topological polar surface area (TPSA) is 185 Å². The van der Waals surface area contributed by atoms with E-state index in [1.807, 2.05) is 49.0 Å². The largest absolute Gasteiger partial charge is 0.377 e. The summed E-state index contributed by atoms with van der Waals surface area (Å²) in [4.78, 5) is 38.6. The Morgan fingerprint density at radius 2 is 1.57 bits per heavy atom. The van der Waals surface area contributed by atoms with Gasteiger partial charge in [-0.2, -0.15) is 11.8 Å². The van der Waals surface area contributed by atoms with Crippen LogP contribution >= 0.6 is 11.8 Å². The zero-order chi connectivity index (χ0) is 34.7. The molecule has 4 amide bonds. The molecule has 4 N–H and O–H groups in total. The van der Waals surface area contributed by atoms with Crippen LogP contribution in [0.1, 0.15) is 38.2 Å². The number of thioether (sulfide) groups is 1. The summed E-state index contributed by atoms with van der Waals surface area (Å²) in [6.07, 6.45) is 4.86. The van der Waals surface area contributed by atoms with Gasteiger partial charge in [-0.15, -0.1) is 0 Å². The van der Waals surface area contributed by atoms with E-state index in [0.717, 1.165) is 46.9 Å². The van der Waals surface area contributed by atoms with Crippen LogP contribution in [0, 0.1) is 0 Å². The van der Waals surface area contributed by atoms with E-state index >= 15 is 0 Å². The summed E-state index contributed by atoms with van der Waals surface area (Å²) in [6.45, 7) is 6.15. The van der Waals surface area contributed by atoms with Crippen molar-refractivity contribution in [3.8, 4) is 0 Å². The van der Waals surface area contributed by atoms with Crippen LogP contribution in [-0.2, 0) is 28.5 Å². The molecule has 2 heterocycles. The maximum absolute atomic E-state index is 12.3. The lowest BCUT2D eigenvalue weighted by atomic mass is 10.0. The van der Waals surface area contributed by atoms with Crippen molar-refractivity contribution in [2.24, 2.45) is 5.11 Å². The van der Waals surface area contributed by atoms with Crippen molar-refractivity contribution in [1.82, 2.24) is 21.3 Å². The molecule has 2 saturated heterocycles. The number of azide groups is 1. The first-order valence-electron chi connectivity index (χ1n) is 16.7. The molecule has 0 spiro atoms. The molecule has 4 rings (SSSR count). The van der Waals surface area contributed by atoms with E-state index < -0.39 is 0 Å². The molecular weight excluding hydrogens is 650 g/mol. The van der Waals surface area contributed by atoms with Gasteiger partial charge in [0.25, 0.3) is 0 Å². The van der Waals surface area contributed by atoms with Crippen LogP contribution in [0.15, 0.2) is 47.6 Å². The molecule has 49 heavy (non-hydrogen) atoms. The number of urea groups is 1. The number of hydrogen-bond acceptors (Lipinski definition) is 9. The molecule has 266 valence electrons. The number of fused-ring (bicyclic) bond motifs is 2. The Morgan fingerprint density at radius 1 is 0.918 bits per heavy atom. The molecule has 14 nitrogen and oxygen atoms in total. The fourth-order valence-electron chi connectivity index (χ4n) is 5.56. The minimum Gasteiger partial charge on any atom is -0.377 e. The van der Waals surface area contributed by atoms with Gasteiger partial charge in [-0.3, -0.25) is 9.59 Å². The van der Waals surface area contributed by atoms with Crippen molar-refractivity contribution < 1.29 is 33.3 Å². The minimum absolute atomic E-state index is 0.0322. The molecule has 0 aromatic heterocycles. The van der Waals surface area contributed by atoms with Crippen LogP contribution in [0.25, 0.3) is 26.8 Å². The molecule has 15 heteroatoms. The average Bonchev–Trinajstić information content (AvgIpc) is 3.65. The third-order valence-electron chi connectivity index (χ3n) is 8.10. The van der Waals surface area contributed by atoms with Crippen molar-refractivity contribution in [1.29, 1.82) is 0 Å². The van der Waals surface area contributed by atoms with Crippen LogP contribution in [0.2, 0.25) is 0 Å². The van der Waals surface area contributed by atoms with Gasteiger partial charge >= 0.3 is 6.03 Å². The number of unbranched alkanes of at least 4 members (excludes halogenated alkanes) is 1. The van der Waals surface area contributed by atoms with E-state index in [1.165, 1.54) is 0 Å². The quantitative estimate of drug-likeness (QED) is 0.0332. The van der Waals surface area contributed by atoms with E-state index in [0.29, 0.717) is 83.3 Å². The van der Waals surface area contributed by atoms with Gasteiger partial charge in [-0.1, -0.05) is 35.8 Å². The van der Waals surface area contributed by atoms with Crippen molar-refractivity contribution >= 4 is 51.6 Å². The van der Waals surface area contributed by atoms with E-state index in [-0.39, 0.29) is 29.9 Å². The predicted octanol–water partition coefficient (Wildman–Crippen LogP) is 4.21. The van der Waals surface area contributed by atoms with Crippen LogP contribution in [0.5, 0.6) is 0 Å². The molecule has 2 aromatic rings. The molecule has 3 atom stereocenters. The predicted molar refractivity (Wildman–Crippen MR) is 190 cm³/mol. The van der Waals surface area contributed by atoms with Gasteiger partial charge in [-0.05, 0) is 59.3 Å². The van der Waals surface area contributed by atoms with Gasteiger partial charge in [0.05, 0.1) is 64.9 Å². The first kappa shape index (κ1) is 38.0. The molecule has 0 bridgehead atoms. The van der Waals surface area contributed by atoms with Gasteiger partial charge in [0, 0.05) is 47.2 Å². The Balaban J connectivity index is 0.892. The number of nitrogens with zero attached hydrogens (tertiary/aromatic N) is 3. The average molecular weight is 698 g/mol. The third kappa shape index (κ3) is 13.5. The fourth-order valence-corrected chi connectivity index (χ4v) is 7.10. The van der Waals surface area contributed by atoms with E-state index in [4.69, 9.17) is 24.5 Å². The molecule has 2 aliphatic heterocycles. The number of nitrogens with one attached hydrogen (secondary N) is 4. The van der Waals surface area contributed by atoms with Gasteiger partial charge in [0.2, 0.25) is 11.8 Å². The van der Waals surface area contributed by atoms with Crippen molar-refractivity contribution in [3.63, 3.8) is 0 Å². The maximum atomic E-state index is 12.3. The Labute approximate surface area is 291 Å². The second kappa shape index (κ2) is 21.3. The smallest absolute Gasteiger partial charge is 0.315 e. The lowest BCUT2D eigenvalue weighted by molar-refractivity contribution is -0.121. The van der Waals surface area contributed by atoms with E-state index in [1.54, 1.807) is 12.1 Å². The van der Waals surface area contributed by atoms with E-state index in [9.17, 15) is 14.4 Å². The normalized spacial score (nSPS) is 18.4. The number of amides is 4. The Kier molecular flexibility index (Phi) is 16.5. The van der Waals surface area contributed by atoms with E-state index in [2.05, 4.69) is 31.3 Å². The summed E-state index contributed by atoms with van der Waals surface area (Å²) in [7, 11) is 0. The highest BCUT2D eigenvalue weighted by molar-refractivity contribution is 8.00. The zero-order valence-corrected chi connectivity index (χ0v) is 28.8. The van der Waals surface area contributed by atoms with Crippen LogP contribution < -0.4 is 21.3 Å². The highest BCUT2D eigenvalue weighted by atomic mass is 32.2. The summed E-state index contributed by atoms with van der Waals surface area (Å²) in [5.74, 6) is 0.792. The summed E-state index contributed by atoms with van der Waals surface area (Å²) in [5, 5.41) is 17.7. The summed E-state index contributed by atoms with van der Waals surface area (Å²) >= 11 is 1.90. The Bertz CT molecular complexity index is 1470. The van der Waals surface area contributed by atoms with Crippen LogP contribution in [-0.4, -0.2) is 107 Å². The number of allylic oxidation sites excluding steroid dienone is 1. The maximum Gasteiger partial charge on any atom is 0.315 e. The molecule has 0 radical (unpaired) electrons. The standard InChI is InChI=1S/C34H47N7O7S/c1-24(25-6-7-27-22-28(40-41-35)9-8-26(27)21-25)20-32(43)37-11-13-46-15-17-48-19-18-47-16-14-45-12-10-36-31(42)5-3-2-4-30-33-29(23-49-30)38-34(44)39-33/h6-9,20-22,29-30,33H,2-5,10-19,23H2,1H3,(H,36,42)(H,37,43)(H2,38,39,44)/b24-20+/t29-,30-,33-/m0/s1. The van der Waals surface area contributed by atoms with Crippen molar-refractivity contribution in [2.75, 3.05) is 71.7 Å². The van der Waals surface area contributed by atoms with Gasteiger partial charge in [-0.25, -0.2) is 4.79 Å². The Morgan fingerprint density at radius 3 is 2.29 bits per heavy atom. The number of carbonyl (C=O) groups excluding carboxylic acids is 3. The summed E-state index contributed by atoms with van der Waals surface area (Å²) in [6, 6.07) is 11.7. The number of ether oxygens (including phenoxy) is 4. The molecule has 0 saturated carbocycles. The lowest BCUT2D eigenvalue weighted by Gasteiger charge is -2.16. The summed E-state index contributed by atoms with van der Waals surface area (Å²) in [5.41, 5.74) is 10.9. The number of hydrogen-bond donors (Lipinski definition) is 4. The first-order valence-corrected chi connectivity index (χ1v) is 17.8. The highest BCUT2D eigenvalue weighted by Crippen LogP contribution is 2.33. The van der Waals surface area contributed by atoms with Gasteiger partial charge in [0.1, 0.15) is 0 Å². The van der Waals surface area contributed by atoms with Crippen molar-refractivity contribution in [3.05, 3.63) is 58.5 Å². The minimum atomic E-state index is -0.193. The SMILES string of the molecule is C/C(=C\C(=O)NCCOCCOCCOCCOCCNC(=O)CCCC[C@@H]1SC[C@@H]2NC(=O)N[C@@H]21)c1ccc2cc(N=[N+]=[N-])ccc2c1. The molecular formula is C34H47N7O7S. The number of rotatable bonds is 23. The number of carbonyl (C=O) groups is 3. The van der Waals surface area contributed by atoms with Gasteiger partial charge < -0.3 is 40.2 Å². The zero-order valence-electron chi connectivity index (χ0n) is 28.0. The Hall–Kier alpha value is -3.85. The van der Waals surface area contributed by atoms with Crippen molar-refractivity contribution in [2.45, 2.75) is 49.9 Å². The highest BCUT2D eigenvalue weighted by Gasteiger charge is 2.42. The third-order valence-corrected chi connectivity index (χ3v) is 9.61. The molecule has 2 aliphatic rings. The van der Waals surface area contributed by atoms with Gasteiger partial charge in [0.15, 0.2) is 0 Å². The van der Waals surface area contributed by atoms with Crippen LogP contribution in [0.3, 0.4) is 0 Å². The monoisotopic (exact) mass is 697 g/mol. The molecule has 0 aliphatic carbocycles. The molecule has 0 unspecified atom stereocenters. The lowest BCUT2D eigenvalue weighted by Crippen LogP contribution is -2.36. The second-order valence-corrected chi connectivity index (χ2v) is 13.0. The molecule has 2 aromatic carbocycles. The molecule has 2 fully saturated rings. The summed E-state index contributed by atoms with van der Waals surface area (Å²) < 4.78 is 22.0. The first-order chi connectivity index (χ1) is 23.9.